The van der Waals surface area contributed by atoms with Gasteiger partial charge in [0, 0.05) is 12.1 Å². The number of aryl methyl sites for hydroxylation is 1. The fourth-order valence-electron chi connectivity index (χ4n) is 1.74. The molecule has 1 atom stereocenters. The molecule has 0 aromatic heterocycles. The van der Waals surface area contributed by atoms with Crippen molar-refractivity contribution in [1.29, 1.82) is 0 Å². The van der Waals surface area contributed by atoms with Gasteiger partial charge in [-0.1, -0.05) is 24.3 Å². The van der Waals surface area contributed by atoms with Gasteiger partial charge in [0.1, 0.15) is 0 Å². The summed E-state index contributed by atoms with van der Waals surface area (Å²) in [5, 5.41) is 8.77. The number of thiocarbonyl (C=S) groups is 1. The Morgan fingerprint density at radius 3 is 2.80 bits per heavy atom. The van der Waals surface area contributed by atoms with E-state index in [1.807, 2.05) is 17.0 Å². The Kier molecular flexibility index (Phi) is 2.77. The Hall–Kier alpha value is -1.29. The minimum Gasteiger partial charge on any atom is -0.319 e. The second-order valence-corrected chi connectivity index (χ2v) is 3.88. The number of hydrogen-bond donors (Lipinski definition) is 0. The van der Waals surface area contributed by atoms with Crippen LogP contribution in [0.3, 0.4) is 0 Å². The summed E-state index contributed by atoms with van der Waals surface area (Å²) in [5.41, 5.74) is 2.41. The zero-order valence-corrected chi connectivity index (χ0v) is 9.66. The first-order valence-corrected chi connectivity index (χ1v) is 5.42. The van der Waals surface area contributed by atoms with Crippen LogP contribution in [0.5, 0.6) is 0 Å². The highest BCUT2D eigenvalue weighted by Gasteiger charge is 2.27. The van der Waals surface area contributed by atoms with Gasteiger partial charge in [0.05, 0.1) is 0 Å². The topological polar surface area (TPSA) is 28.0 Å². The van der Waals surface area contributed by atoms with E-state index in [1.165, 1.54) is 11.1 Å². The lowest BCUT2D eigenvalue weighted by molar-refractivity contribution is 0.363. The van der Waals surface area contributed by atoms with Crippen LogP contribution in [0, 0.1) is 6.92 Å². The Labute approximate surface area is 94.8 Å². The quantitative estimate of drug-likeness (QED) is 0.715. The maximum absolute atomic E-state index is 5.13. The van der Waals surface area contributed by atoms with Crippen LogP contribution in [-0.4, -0.2) is 16.6 Å². The molecule has 0 spiro atoms. The van der Waals surface area contributed by atoms with Crippen LogP contribution in [0.25, 0.3) is 0 Å². The molecule has 3 nitrogen and oxygen atoms in total. The molecule has 0 bridgehead atoms. The number of benzene rings is 1. The molecule has 0 amide bonds. The number of rotatable bonds is 2. The monoisotopic (exact) mass is 219 g/mol. The van der Waals surface area contributed by atoms with Crippen molar-refractivity contribution in [2.45, 2.75) is 20.0 Å². The predicted molar refractivity (Wildman–Crippen MR) is 63.8 cm³/mol. The van der Waals surface area contributed by atoms with Gasteiger partial charge in [-0.15, -0.1) is 5.11 Å². The minimum absolute atomic E-state index is 0.0244. The van der Waals surface area contributed by atoms with Crippen LogP contribution < -0.4 is 0 Å². The normalized spacial score (nSPS) is 20.0. The molecule has 4 heteroatoms. The molecule has 1 aromatic carbocycles. The molecule has 1 aliphatic heterocycles. The maximum atomic E-state index is 5.13. The fourth-order valence-corrected chi connectivity index (χ4v) is 2.02. The molecule has 0 fully saturated rings. The van der Waals surface area contributed by atoms with Crippen LogP contribution in [0.1, 0.15) is 24.2 Å². The lowest BCUT2D eigenvalue weighted by Crippen LogP contribution is -2.27. The smallest absolute Gasteiger partial charge is 0.218 e. The zero-order valence-electron chi connectivity index (χ0n) is 8.84. The average Bonchev–Trinajstić information content (AvgIpc) is 2.60. The number of azo groups is 1. The zero-order chi connectivity index (χ0) is 10.8. The third-order valence-electron chi connectivity index (χ3n) is 2.60. The van der Waals surface area contributed by atoms with Crippen LogP contribution in [-0.2, 0) is 0 Å². The molecule has 1 aromatic rings. The number of nitrogens with zero attached hydrogens (tertiary/aromatic N) is 3. The van der Waals surface area contributed by atoms with Crippen molar-refractivity contribution >= 4 is 17.3 Å². The summed E-state index contributed by atoms with van der Waals surface area (Å²) in [7, 11) is 0. The summed E-state index contributed by atoms with van der Waals surface area (Å²) in [5.74, 6) is 0. The molecular formula is C11H13N3S. The summed E-state index contributed by atoms with van der Waals surface area (Å²) in [6, 6.07) is 8.21. The van der Waals surface area contributed by atoms with Gasteiger partial charge < -0.3 is 4.90 Å². The summed E-state index contributed by atoms with van der Waals surface area (Å²) in [6.07, 6.45) is -0.0244. The Morgan fingerprint density at radius 1 is 1.40 bits per heavy atom. The fraction of sp³-hybridized carbons (Fsp3) is 0.364. The summed E-state index contributed by atoms with van der Waals surface area (Å²) in [4.78, 5) is 2.03. The second-order valence-electron chi connectivity index (χ2n) is 3.51. The van der Waals surface area contributed by atoms with E-state index >= 15 is 0 Å². The largest absolute Gasteiger partial charge is 0.319 e. The Bertz CT molecular complexity index is 414. The van der Waals surface area contributed by atoms with Crippen LogP contribution in [0.2, 0.25) is 0 Å². The van der Waals surface area contributed by atoms with E-state index in [1.54, 1.807) is 0 Å². The van der Waals surface area contributed by atoms with E-state index in [9.17, 15) is 0 Å². The van der Waals surface area contributed by atoms with Crippen molar-refractivity contribution in [3.8, 4) is 0 Å². The van der Waals surface area contributed by atoms with Crippen molar-refractivity contribution in [2.24, 2.45) is 10.2 Å². The molecule has 0 saturated carbocycles. The molecule has 0 saturated heterocycles. The predicted octanol–water partition coefficient (Wildman–Crippen LogP) is 3.07. The third-order valence-corrected chi connectivity index (χ3v) is 2.92. The first-order valence-electron chi connectivity index (χ1n) is 5.01. The van der Waals surface area contributed by atoms with Crippen LogP contribution in [0.15, 0.2) is 34.5 Å². The van der Waals surface area contributed by atoms with Crippen LogP contribution in [0.4, 0.5) is 0 Å². The highest BCUT2D eigenvalue weighted by molar-refractivity contribution is 7.80. The maximum Gasteiger partial charge on any atom is 0.218 e. The van der Waals surface area contributed by atoms with Crippen molar-refractivity contribution in [1.82, 2.24) is 4.90 Å². The first-order chi connectivity index (χ1) is 7.24. The first kappa shape index (κ1) is 10.2. The van der Waals surface area contributed by atoms with E-state index in [0.29, 0.717) is 5.11 Å². The highest BCUT2D eigenvalue weighted by Crippen LogP contribution is 2.30. The Morgan fingerprint density at radius 2 is 2.13 bits per heavy atom. The van der Waals surface area contributed by atoms with Crippen molar-refractivity contribution in [3.63, 3.8) is 0 Å². The van der Waals surface area contributed by atoms with E-state index < -0.39 is 0 Å². The summed E-state index contributed by atoms with van der Waals surface area (Å²) >= 11 is 5.13. The molecule has 15 heavy (non-hydrogen) atoms. The van der Waals surface area contributed by atoms with Crippen LogP contribution >= 0.6 is 12.2 Å². The van der Waals surface area contributed by atoms with Gasteiger partial charge in [-0.05, 0) is 31.6 Å². The van der Waals surface area contributed by atoms with Crippen molar-refractivity contribution < 1.29 is 0 Å². The summed E-state index contributed by atoms with van der Waals surface area (Å²) in [6.45, 7) is 4.98. The van der Waals surface area contributed by atoms with Crippen molar-refractivity contribution in [2.75, 3.05) is 6.54 Å². The van der Waals surface area contributed by atoms with E-state index in [0.717, 1.165) is 6.54 Å². The van der Waals surface area contributed by atoms with Gasteiger partial charge in [0.25, 0.3) is 0 Å². The second kappa shape index (κ2) is 4.06. The highest BCUT2D eigenvalue weighted by atomic mass is 32.1. The molecular weight excluding hydrogens is 206 g/mol. The van der Waals surface area contributed by atoms with Gasteiger partial charge in [0.2, 0.25) is 5.11 Å². The van der Waals surface area contributed by atoms with E-state index in [4.69, 9.17) is 12.2 Å². The van der Waals surface area contributed by atoms with Gasteiger partial charge in [0.15, 0.2) is 6.17 Å². The molecule has 78 valence electrons. The van der Waals surface area contributed by atoms with Crippen molar-refractivity contribution in [3.05, 3.63) is 35.4 Å². The standard InChI is InChI=1S/C11H13N3S/c1-3-14-10(12-13-11(14)15)9-7-5-4-6-8(9)2/h4-7,10H,3H2,1-2H3. The molecule has 0 aliphatic carbocycles. The van der Waals surface area contributed by atoms with E-state index in [2.05, 4.69) is 36.2 Å². The number of hydrogen-bond acceptors (Lipinski definition) is 2. The van der Waals surface area contributed by atoms with Gasteiger partial charge in [-0.25, -0.2) is 0 Å². The lowest BCUT2D eigenvalue weighted by atomic mass is 10.1. The molecule has 2 rings (SSSR count). The summed E-state index contributed by atoms with van der Waals surface area (Å²) < 4.78 is 0. The van der Waals surface area contributed by atoms with Gasteiger partial charge >= 0.3 is 0 Å². The van der Waals surface area contributed by atoms with E-state index in [-0.39, 0.29) is 6.17 Å². The third kappa shape index (κ3) is 1.77. The van der Waals surface area contributed by atoms with Gasteiger partial charge in [-0.2, -0.15) is 5.11 Å². The minimum atomic E-state index is -0.0244. The molecule has 0 N–H and O–H groups in total. The molecule has 0 radical (unpaired) electrons. The average molecular weight is 219 g/mol. The molecule has 1 heterocycles. The van der Waals surface area contributed by atoms with Gasteiger partial charge in [-0.3, -0.25) is 0 Å². The lowest BCUT2D eigenvalue weighted by Gasteiger charge is -2.22. The Balaban J connectivity index is 2.36. The molecule has 1 unspecified atom stereocenters. The SMILES string of the molecule is CCN1C(=S)N=NC1c1ccccc1C. The molecule has 1 aliphatic rings.